The Morgan fingerprint density at radius 2 is 2.04 bits per heavy atom. The highest BCUT2D eigenvalue weighted by Gasteiger charge is 2.24. The number of aromatic nitrogens is 1. The Hall–Kier alpha value is -2.82. The van der Waals surface area contributed by atoms with Gasteiger partial charge in [-0.05, 0) is 37.3 Å². The summed E-state index contributed by atoms with van der Waals surface area (Å²) in [4.78, 5) is 17.6. The number of nitrogens with one attached hydrogen (secondary N) is 1. The summed E-state index contributed by atoms with van der Waals surface area (Å²) in [5.41, 5.74) is 4.10. The van der Waals surface area contributed by atoms with Gasteiger partial charge in [0.15, 0.2) is 6.61 Å². The van der Waals surface area contributed by atoms with Crippen molar-refractivity contribution in [2.75, 3.05) is 13.2 Å². The molecule has 1 aliphatic rings. The van der Waals surface area contributed by atoms with E-state index in [2.05, 4.69) is 4.98 Å². The van der Waals surface area contributed by atoms with Gasteiger partial charge in [-0.1, -0.05) is 17.7 Å². The fraction of sp³-hybridized carbons (Fsp3) is 0.250. The lowest BCUT2D eigenvalue weighted by molar-refractivity contribution is -0.134. The number of fused-ring (bicyclic) bond motifs is 3. The van der Waals surface area contributed by atoms with Crippen LogP contribution in [-0.2, 0) is 17.8 Å². The molecule has 0 atom stereocenters. The molecular weight excluding hydrogens is 319 g/mol. The van der Waals surface area contributed by atoms with Crippen LogP contribution in [0.1, 0.15) is 16.8 Å². The van der Waals surface area contributed by atoms with Crippen LogP contribution in [0.5, 0.6) is 5.75 Å². The summed E-state index contributed by atoms with van der Waals surface area (Å²) in [5.74, 6) is 0.396. The van der Waals surface area contributed by atoms with Gasteiger partial charge in [-0.2, -0.15) is 0 Å². The highest BCUT2D eigenvalue weighted by molar-refractivity contribution is 5.86. The second-order valence-corrected chi connectivity index (χ2v) is 6.44. The molecule has 0 saturated carbocycles. The van der Waals surface area contributed by atoms with Crippen LogP contribution in [0.2, 0.25) is 0 Å². The van der Waals surface area contributed by atoms with Crippen LogP contribution in [0, 0.1) is 12.7 Å². The Labute approximate surface area is 145 Å². The second-order valence-electron chi connectivity index (χ2n) is 6.44. The summed E-state index contributed by atoms with van der Waals surface area (Å²) in [6, 6.07) is 12.4. The van der Waals surface area contributed by atoms with Crippen LogP contribution < -0.4 is 4.74 Å². The third-order valence-electron chi connectivity index (χ3n) is 4.67. The van der Waals surface area contributed by atoms with Crippen LogP contribution in [-0.4, -0.2) is 28.9 Å². The lowest BCUT2D eigenvalue weighted by atomic mass is 10.0. The van der Waals surface area contributed by atoms with E-state index < -0.39 is 0 Å². The number of aryl methyl sites for hydroxylation is 1. The monoisotopic (exact) mass is 338 g/mol. The summed E-state index contributed by atoms with van der Waals surface area (Å²) in [6.07, 6.45) is 0.738. The van der Waals surface area contributed by atoms with Gasteiger partial charge in [-0.25, -0.2) is 4.39 Å². The van der Waals surface area contributed by atoms with Crippen LogP contribution in [0.25, 0.3) is 10.9 Å². The van der Waals surface area contributed by atoms with Crippen molar-refractivity contribution in [3.63, 3.8) is 0 Å². The van der Waals surface area contributed by atoms with Gasteiger partial charge in [0.05, 0.1) is 0 Å². The van der Waals surface area contributed by atoms with E-state index >= 15 is 0 Å². The van der Waals surface area contributed by atoms with Crippen LogP contribution in [0.15, 0.2) is 42.5 Å². The molecule has 0 fully saturated rings. The van der Waals surface area contributed by atoms with Crippen molar-refractivity contribution in [2.24, 2.45) is 0 Å². The number of carbonyl (C=O) groups excluding carboxylic acids is 1. The first-order valence-corrected chi connectivity index (χ1v) is 8.36. The minimum absolute atomic E-state index is 0.0232. The zero-order valence-electron chi connectivity index (χ0n) is 14.0. The first-order valence-electron chi connectivity index (χ1n) is 8.36. The maximum Gasteiger partial charge on any atom is 0.260 e. The molecule has 0 bridgehead atoms. The SMILES string of the molecule is Cc1ccc(OCC(=O)N2CCc3[nH]c4cc(F)ccc4c3C2)cc1. The zero-order valence-corrected chi connectivity index (χ0v) is 14.0. The number of rotatable bonds is 3. The number of H-pyrrole nitrogens is 1. The van der Waals surface area contributed by atoms with E-state index in [1.165, 1.54) is 12.1 Å². The fourth-order valence-electron chi connectivity index (χ4n) is 3.28. The predicted molar refractivity (Wildman–Crippen MR) is 94.1 cm³/mol. The summed E-state index contributed by atoms with van der Waals surface area (Å²) in [5, 5.41) is 0.980. The fourth-order valence-corrected chi connectivity index (χ4v) is 3.28. The standard InChI is InChI=1S/C20H19FN2O2/c1-13-2-5-15(6-3-13)25-12-20(24)23-9-8-18-17(11-23)16-7-4-14(21)10-19(16)22-18/h2-7,10,22H,8-9,11-12H2,1H3. The minimum Gasteiger partial charge on any atom is -0.484 e. The first-order chi connectivity index (χ1) is 12.1. The number of hydrogen-bond acceptors (Lipinski definition) is 2. The lowest BCUT2D eigenvalue weighted by Crippen LogP contribution is -2.38. The maximum absolute atomic E-state index is 13.4. The second kappa shape index (κ2) is 6.24. The molecular formula is C20H19FN2O2. The van der Waals surface area contributed by atoms with Gasteiger partial charge in [0.2, 0.25) is 0 Å². The minimum atomic E-state index is -0.259. The molecule has 2 aromatic carbocycles. The summed E-state index contributed by atoms with van der Waals surface area (Å²) < 4.78 is 19.0. The van der Waals surface area contributed by atoms with E-state index in [0.717, 1.165) is 34.1 Å². The highest BCUT2D eigenvalue weighted by atomic mass is 19.1. The molecule has 0 radical (unpaired) electrons. The van der Waals surface area contributed by atoms with Gasteiger partial charge >= 0.3 is 0 Å². The average molecular weight is 338 g/mol. The molecule has 128 valence electrons. The number of carbonyl (C=O) groups is 1. The van der Waals surface area contributed by atoms with E-state index in [1.54, 1.807) is 11.0 Å². The van der Waals surface area contributed by atoms with Gasteiger partial charge in [0, 0.05) is 41.7 Å². The molecule has 0 aliphatic carbocycles. The third kappa shape index (κ3) is 3.09. The Kier molecular flexibility index (Phi) is 3.92. The number of benzene rings is 2. The molecule has 0 spiro atoms. The van der Waals surface area contributed by atoms with Crippen LogP contribution in [0.4, 0.5) is 4.39 Å². The topological polar surface area (TPSA) is 45.3 Å². The van der Waals surface area contributed by atoms with E-state index in [9.17, 15) is 9.18 Å². The molecule has 1 N–H and O–H groups in total. The van der Waals surface area contributed by atoms with Gasteiger partial charge in [-0.3, -0.25) is 4.79 Å². The molecule has 4 nitrogen and oxygen atoms in total. The summed E-state index contributed by atoms with van der Waals surface area (Å²) >= 11 is 0. The average Bonchev–Trinajstić information content (AvgIpc) is 2.97. The number of hydrogen-bond donors (Lipinski definition) is 1. The zero-order chi connectivity index (χ0) is 17.4. The van der Waals surface area contributed by atoms with Crippen molar-refractivity contribution >= 4 is 16.8 Å². The highest BCUT2D eigenvalue weighted by Crippen LogP contribution is 2.28. The maximum atomic E-state index is 13.4. The van der Waals surface area contributed by atoms with Gasteiger partial charge in [0.1, 0.15) is 11.6 Å². The van der Waals surface area contributed by atoms with Crippen molar-refractivity contribution in [1.82, 2.24) is 9.88 Å². The molecule has 1 amide bonds. The Balaban J connectivity index is 1.47. The third-order valence-corrected chi connectivity index (χ3v) is 4.67. The first kappa shape index (κ1) is 15.7. The molecule has 4 rings (SSSR count). The van der Waals surface area contributed by atoms with E-state index in [0.29, 0.717) is 18.8 Å². The van der Waals surface area contributed by atoms with E-state index in [1.807, 2.05) is 31.2 Å². The molecule has 3 aromatic rings. The molecule has 1 aromatic heterocycles. The number of aromatic amines is 1. The van der Waals surface area contributed by atoms with Crippen molar-refractivity contribution in [2.45, 2.75) is 19.9 Å². The van der Waals surface area contributed by atoms with E-state index in [-0.39, 0.29) is 18.3 Å². The van der Waals surface area contributed by atoms with Crippen molar-refractivity contribution < 1.29 is 13.9 Å². The number of nitrogens with zero attached hydrogens (tertiary/aromatic N) is 1. The van der Waals surface area contributed by atoms with Gasteiger partial charge in [0.25, 0.3) is 5.91 Å². The normalized spacial score (nSPS) is 13.8. The van der Waals surface area contributed by atoms with Gasteiger partial charge < -0.3 is 14.6 Å². The molecule has 0 unspecified atom stereocenters. The number of ether oxygens (including phenoxy) is 1. The van der Waals surface area contributed by atoms with Gasteiger partial charge in [-0.15, -0.1) is 0 Å². The lowest BCUT2D eigenvalue weighted by Gasteiger charge is -2.27. The van der Waals surface area contributed by atoms with Crippen LogP contribution >= 0.6 is 0 Å². The van der Waals surface area contributed by atoms with Crippen molar-refractivity contribution in [3.05, 3.63) is 65.1 Å². The van der Waals surface area contributed by atoms with Crippen molar-refractivity contribution in [1.29, 1.82) is 0 Å². The quantitative estimate of drug-likeness (QED) is 0.793. The Morgan fingerprint density at radius 3 is 2.84 bits per heavy atom. The Bertz CT molecular complexity index is 931. The largest absolute Gasteiger partial charge is 0.484 e. The smallest absolute Gasteiger partial charge is 0.260 e. The Morgan fingerprint density at radius 1 is 1.24 bits per heavy atom. The predicted octanol–water partition coefficient (Wildman–Crippen LogP) is 3.58. The number of halogens is 1. The molecule has 1 aliphatic heterocycles. The number of amides is 1. The molecule has 0 saturated heterocycles. The molecule has 5 heteroatoms. The van der Waals surface area contributed by atoms with E-state index in [4.69, 9.17) is 4.74 Å². The van der Waals surface area contributed by atoms with Crippen LogP contribution in [0.3, 0.4) is 0 Å². The molecule has 2 heterocycles. The molecule has 25 heavy (non-hydrogen) atoms. The summed E-state index contributed by atoms with van der Waals surface area (Å²) in [7, 11) is 0. The summed E-state index contributed by atoms with van der Waals surface area (Å²) in [6.45, 7) is 3.19. The van der Waals surface area contributed by atoms with Crippen molar-refractivity contribution in [3.8, 4) is 5.75 Å².